The molecule has 4 heterocycles. The van der Waals surface area contributed by atoms with Crippen LogP contribution in [0.5, 0.6) is 0 Å². The first-order valence-electron chi connectivity index (χ1n) is 11.0. The molecular formula is C21H26FN5O5S2. The maximum Gasteiger partial charge on any atom is 0.245 e. The van der Waals surface area contributed by atoms with Gasteiger partial charge in [0.25, 0.3) is 0 Å². The number of rotatable bonds is 4. The Bertz CT molecular complexity index is 1290. The van der Waals surface area contributed by atoms with Crippen LogP contribution in [0.1, 0.15) is 17.7 Å². The van der Waals surface area contributed by atoms with Gasteiger partial charge in [-0.3, -0.25) is 0 Å². The van der Waals surface area contributed by atoms with E-state index >= 15 is 4.39 Å². The van der Waals surface area contributed by atoms with Gasteiger partial charge in [0, 0.05) is 50.8 Å². The molecule has 0 bridgehead atoms. The van der Waals surface area contributed by atoms with Crippen molar-refractivity contribution < 1.29 is 26.0 Å². The van der Waals surface area contributed by atoms with Crippen molar-refractivity contribution in [3.63, 3.8) is 0 Å². The minimum absolute atomic E-state index is 0.0871. The molecule has 0 N–H and O–H groups in total. The molecule has 34 heavy (non-hydrogen) atoms. The van der Waals surface area contributed by atoms with Crippen molar-refractivity contribution in [2.24, 2.45) is 0 Å². The van der Waals surface area contributed by atoms with Gasteiger partial charge in [0.2, 0.25) is 26.0 Å². The van der Waals surface area contributed by atoms with Crippen molar-refractivity contribution in [2.45, 2.75) is 36.2 Å². The lowest BCUT2D eigenvalue weighted by atomic mass is 9.99. The van der Waals surface area contributed by atoms with E-state index in [0.717, 1.165) is 15.6 Å². The van der Waals surface area contributed by atoms with Gasteiger partial charge in [-0.15, -0.1) is 0 Å². The highest BCUT2D eigenvalue weighted by Crippen LogP contribution is 2.40. The number of sulfonamides is 2. The van der Waals surface area contributed by atoms with Gasteiger partial charge >= 0.3 is 0 Å². The topological polar surface area (TPSA) is 113 Å². The number of fused-ring (bicyclic) bond motifs is 1. The molecule has 1 aromatic carbocycles. The first-order chi connectivity index (χ1) is 16.1. The van der Waals surface area contributed by atoms with Crippen LogP contribution in [0.4, 0.5) is 10.3 Å². The van der Waals surface area contributed by atoms with E-state index in [-0.39, 0.29) is 37.6 Å². The first kappa shape index (κ1) is 23.5. The van der Waals surface area contributed by atoms with E-state index in [1.54, 1.807) is 29.3 Å². The van der Waals surface area contributed by atoms with E-state index in [2.05, 4.69) is 9.97 Å². The number of anilines is 1. The third kappa shape index (κ3) is 3.98. The van der Waals surface area contributed by atoms with Crippen molar-refractivity contribution in [1.82, 2.24) is 18.6 Å². The molecule has 3 aliphatic rings. The van der Waals surface area contributed by atoms with Gasteiger partial charge in [0.15, 0.2) is 11.9 Å². The lowest BCUT2D eigenvalue weighted by Crippen LogP contribution is -2.62. The summed E-state index contributed by atoms with van der Waals surface area (Å²) in [5.74, 6) is 0.347. The molecule has 10 nitrogen and oxygen atoms in total. The Balaban J connectivity index is 1.35. The fourth-order valence-corrected chi connectivity index (χ4v) is 7.36. The molecule has 1 spiro atoms. The maximum absolute atomic E-state index is 15.7. The van der Waals surface area contributed by atoms with E-state index in [1.165, 1.54) is 22.7 Å². The van der Waals surface area contributed by atoms with E-state index in [9.17, 15) is 16.8 Å². The molecule has 0 amide bonds. The predicted molar refractivity (Wildman–Crippen MR) is 122 cm³/mol. The first-order valence-corrected chi connectivity index (χ1v) is 14.3. The van der Waals surface area contributed by atoms with Gasteiger partial charge < -0.3 is 9.64 Å². The van der Waals surface area contributed by atoms with Crippen LogP contribution in [0.2, 0.25) is 0 Å². The monoisotopic (exact) mass is 511 g/mol. The number of hydrogen-bond acceptors (Lipinski definition) is 8. The lowest BCUT2D eigenvalue weighted by molar-refractivity contribution is -0.116. The van der Waals surface area contributed by atoms with Crippen molar-refractivity contribution in [1.29, 1.82) is 0 Å². The second-order valence-electron chi connectivity index (χ2n) is 8.74. The summed E-state index contributed by atoms with van der Waals surface area (Å²) in [4.78, 5) is 10.7. The largest absolute Gasteiger partial charge is 0.355 e. The van der Waals surface area contributed by atoms with Crippen LogP contribution in [-0.2, 0) is 37.7 Å². The molecule has 2 unspecified atom stereocenters. The van der Waals surface area contributed by atoms with Crippen LogP contribution in [-0.4, -0.2) is 86.4 Å². The van der Waals surface area contributed by atoms with Crippen molar-refractivity contribution in [2.75, 3.05) is 43.9 Å². The average molecular weight is 512 g/mol. The van der Waals surface area contributed by atoms with Crippen molar-refractivity contribution in [3.8, 4) is 0 Å². The highest BCUT2D eigenvalue weighted by Gasteiger charge is 2.57. The summed E-state index contributed by atoms with van der Waals surface area (Å²) in [5, 5.41) is 0. The van der Waals surface area contributed by atoms with Crippen LogP contribution < -0.4 is 4.90 Å². The molecule has 2 saturated heterocycles. The number of hydrogen-bond donors (Lipinski definition) is 0. The predicted octanol–water partition coefficient (Wildman–Crippen LogP) is 0.760. The minimum atomic E-state index is -3.93. The third-order valence-corrected chi connectivity index (χ3v) is 9.84. The molecule has 5 rings (SSSR count). The highest BCUT2D eigenvalue weighted by atomic mass is 32.2. The molecule has 13 heteroatoms. The van der Waals surface area contributed by atoms with Gasteiger partial charge in [-0.05, 0) is 12.1 Å². The molecule has 3 aliphatic heterocycles. The van der Waals surface area contributed by atoms with E-state index in [0.29, 0.717) is 25.5 Å². The number of aromatic nitrogens is 2. The molecule has 1 aromatic heterocycles. The molecule has 2 aromatic rings. The Morgan fingerprint density at radius 2 is 1.88 bits per heavy atom. The fourth-order valence-electron chi connectivity index (χ4n) is 4.83. The zero-order valence-electron chi connectivity index (χ0n) is 18.7. The van der Waals surface area contributed by atoms with Crippen molar-refractivity contribution >= 4 is 26.0 Å². The Kier molecular flexibility index (Phi) is 5.88. The van der Waals surface area contributed by atoms with Crippen LogP contribution in [0, 0.1) is 0 Å². The summed E-state index contributed by atoms with van der Waals surface area (Å²) in [6.07, 6.45) is 1.72. The van der Waals surface area contributed by atoms with E-state index in [1.807, 2.05) is 0 Å². The summed E-state index contributed by atoms with van der Waals surface area (Å²) >= 11 is 0. The Morgan fingerprint density at radius 1 is 1.12 bits per heavy atom. The molecule has 0 saturated carbocycles. The van der Waals surface area contributed by atoms with E-state index in [4.69, 9.17) is 4.74 Å². The molecule has 2 atom stereocenters. The van der Waals surface area contributed by atoms with Gasteiger partial charge in [0.05, 0.1) is 30.0 Å². The van der Waals surface area contributed by atoms with Crippen LogP contribution in [0.25, 0.3) is 0 Å². The van der Waals surface area contributed by atoms with Crippen LogP contribution in [0.15, 0.2) is 41.4 Å². The molecule has 2 fully saturated rings. The second-order valence-corrected chi connectivity index (χ2v) is 12.6. The maximum atomic E-state index is 15.7. The molecule has 0 aliphatic carbocycles. The minimum Gasteiger partial charge on any atom is -0.355 e. The second kappa shape index (κ2) is 8.48. The lowest BCUT2D eigenvalue weighted by Gasteiger charge is -2.45. The Morgan fingerprint density at radius 3 is 2.59 bits per heavy atom. The van der Waals surface area contributed by atoms with Gasteiger partial charge in [-0.2, -0.15) is 8.61 Å². The average Bonchev–Trinajstić information content (AvgIpc) is 3.26. The summed E-state index contributed by atoms with van der Waals surface area (Å²) in [5.41, 5.74) is -0.0917. The quantitative estimate of drug-likeness (QED) is 0.591. The molecular weight excluding hydrogens is 485 g/mol. The summed E-state index contributed by atoms with van der Waals surface area (Å²) in [7, 11) is -7.23. The Labute approximate surface area is 198 Å². The number of nitrogens with zero attached hydrogens (tertiary/aromatic N) is 5. The number of benzene rings is 1. The number of piperidine rings is 1. The molecule has 184 valence electrons. The normalized spacial score (nSPS) is 26.6. The zero-order chi connectivity index (χ0) is 24.1. The number of ether oxygens (including phenoxy) is 1. The van der Waals surface area contributed by atoms with Crippen LogP contribution in [0.3, 0.4) is 0 Å². The van der Waals surface area contributed by atoms with E-state index < -0.39 is 31.9 Å². The zero-order valence-corrected chi connectivity index (χ0v) is 20.3. The van der Waals surface area contributed by atoms with Gasteiger partial charge in [-0.1, -0.05) is 18.2 Å². The highest BCUT2D eigenvalue weighted by molar-refractivity contribution is 7.89. The molecule has 0 radical (unpaired) electrons. The smallest absolute Gasteiger partial charge is 0.245 e. The van der Waals surface area contributed by atoms with Gasteiger partial charge in [-0.25, -0.2) is 31.2 Å². The van der Waals surface area contributed by atoms with Gasteiger partial charge in [0.1, 0.15) is 0 Å². The third-order valence-electron chi connectivity index (χ3n) is 6.65. The summed E-state index contributed by atoms with van der Waals surface area (Å²) < 4.78 is 74.2. The van der Waals surface area contributed by atoms with Crippen molar-refractivity contribution in [3.05, 3.63) is 47.8 Å². The number of halogens is 1. The fraction of sp³-hybridized carbons (Fsp3) is 0.524. The number of alkyl halides is 1. The SMILES string of the molecule is CS(=O)(=O)N1CCc2nc(N3CCC4(OCCN4S(=O)(=O)c4ccccc4)C(F)C3)ncc2C1. The Hall–Kier alpha value is -2.19. The summed E-state index contributed by atoms with van der Waals surface area (Å²) in [6, 6.07) is 7.98. The summed E-state index contributed by atoms with van der Waals surface area (Å²) in [6.45, 7) is 0.952. The standard InChI is InChI=1S/C21H26FN5O5S2/c1-33(28,29)26-9-7-18-16(14-26)13-23-20(24-18)25-10-8-21(19(22)15-25)27(11-12-32-21)34(30,31)17-5-3-2-4-6-17/h2-6,13,19H,7-12,14-15H2,1H3. The van der Waals surface area contributed by atoms with Crippen LogP contribution >= 0.6 is 0 Å².